The van der Waals surface area contributed by atoms with Gasteiger partial charge in [0.2, 0.25) is 5.91 Å². The van der Waals surface area contributed by atoms with E-state index in [-0.39, 0.29) is 17.9 Å². The fourth-order valence-electron chi connectivity index (χ4n) is 2.00. The quantitative estimate of drug-likeness (QED) is 0.741. The molecule has 1 aromatic carbocycles. The number of carbonyl (C=O) groups is 2. The van der Waals surface area contributed by atoms with Crippen LogP contribution in [0.25, 0.3) is 0 Å². The molecular weight excluding hydrogens is 254 g/mol. The van der Waals surface area contributed by atoms with Gasteiger partial charge in [-0.15, -0.1) is 0 Å². The van der Waals surface area contributed by atoms with Gasteiger partial charge in [-0.05, 0) is 37.1 Å². The van der Waals surface area contributed by atoms with E-state index in [1.54, 1.807) is 25.2 Å². The number of carbonyl (C=O) groups excluding carboxylic acids is 2. The molecule has 0 aromatic heterocycles. The second kappa shape index (κ2) is 7.65. The first-order valence-electron chi connectivity index (χ1n) is 6.86. The van der Waals surface area contributed by atoms with Crippen LogP contribution >= 0.6 is 0 Å². The standard InChI is InChI=1S/C15H23N3O2/c1-4-5-12(16)9-14(19)18-13-7-6-11(8-10(13)2)15(20)17-3/h6-8,12H,4-5,9,16H2,1-3H3,(H,17,20)(H,18,19). The zero-order chi connectivity index (χ0) is 15.1. The molecule has 0 aliphatic heterocycles. The fourth-order valence-corrected chi connectivity index (χ4v) is 2.00. The SMILES string of the molecule is CCCC(N)CC(=O)Nc1ccc(C(=O)NC)cc1C. The van der Waals surface area contributed by atoms with Crippen molar-refractivity contribution in [1.82, 2.24) is 5.32 Å². The number of hydrogen-bond acceptors (Lipinski definition) is 3. The minimum absolute atomic E-state index is 0.0956. The molecule has 5 nitrogen and oxygen atoms in total. The van der Waals surface area contributed by atoms with Crippen LogP contribution in [0.4, 0.5) is 5.69 Å². The number of rotatable bonds is 6. The van der Waals surface area contributed by atoms with Crippen molar-refractivity contribution >= 4 is 17.5 Å². The van der Waals surface area contributed by atoms with E-state index in [1.807, 2.05) is 13.8 Å². The van der Waals surface area contributed by atoms with Crippen LogP contribution in [0.3, 0.4) is 0 Å². The van der Waals surface area contributed by atoms with Crippen molar-refractivity contribution in [2.45, 2.75) is 39.2 Å². The molecule has 4 N–H and O–H groups in total. The monoisotopic (exact) mass is 277 g/mol. The first-order chi connectivity index (χ1) is 9.47. The highest BCUT2D eigenvalue weighted by molar-refractivity contribution is 5.96. The molecule has 0 radical (unpaired) electrons. The molecule has 20 heavy (non-hydrogen) atoms. The van der Waals surface area contributed by atoms with Crippen LogP contribution in [0.1, 0.15) is 42.1 Å². The largest absolute Gasteiger partial charge is 0.355 e. The summed E-state index contributed by atoms with van der Waals surface area (Å²) in [5.41, 5.74) is 7.98. The van der Waals surface area contributed by atoms with Crippen molar-refractivity contribution < 1.29 is 9.59 Å². The lowest BCUT2D eigenvalue weighted by Gasteiger charge is -2.12. The van der Waals surface area contributed by atoms with Gasteiger partial charge in [-0.3, -0.25) is 9.59 Å². The van der Waals surface area contributed by atoms with Gasteiger partial charge in [0.15, 0.2) is 0 Å². The smallest absolute Gasteiger partial charge is 0.251 e. The van der Waals surface area contributed by atoms with Crippen molar-refractivity contribution in [1.29, 1.82) is 0 Å². The molecule has 1 aromatic rings. The maximum absolute atomic E-state index is 11.9. The highest BCUT2D eigenvalue weighted by Gasteiger charge is 2.11. The Kier molecular flexibility index (Phi) is 6.18. The molecule has 0 saturated carbocycles. The lowest BCUT2D eigenvalue weighted by Crippen LogP contribution is -2.27. The molecule has 0 aliphatic rings. The average Bonchev–Trinajstić information content (AvgIpc) is 2.40. The van der Waals surface area contributed by atoms with Crippen LogP contribution in [-0.2, 0) is 4.79 Å². The predicted molar refractivity (Wildman–Crippen MR) is 80.7 cm³/mol. The van der Waals surface area contributed by atoms with Crippen molar-refractivity contribution in [3.8, 4) is 0 Å². The van der Waals surface area contributed by atoms with Gasteiger partial charge >= 0.3 is 0 Å². The lowest BCUT2D eigenvalue weighted by molar-refractivity contribution is -0.116. The maximum atomic E-state index is 11.9. The highest BCUT2D eigenvalue weighted by atomic mass is 16.2. The van der Waals surface area contributed by atoms with Crippen LogP contribution in [0.2, 0.25) is 0 Å². The molecular formula is C15H23N3O2. The van der Waals surface area contributed by atoms with Gasteiger partial charge in [-0.1, -0.05) is 13.3 Å². The summed E-state index contributed by atoms with van der Waals surface area (Å²) in [7, 11) is 1.59. The Hall–Kier alpha value is -1.88. The molecule has 0 saturated heterocycles. The molecule has 1 atom stereocenters. The number of amides is 2. The third-order valence-corrected chi connectivity index (χ3v) is 3.10. The Labute approximate surface area is 119 Å². The maximum Gasteiger partial charge on any atom is 0.251 e. The highest BCUT2D eigenvalue weighted by Crippen LogP contribution is 2.17. The summed E-state index contributed by atoms with van der Waals surface area (Å²) in [6.45, 7) is 3.90. The van der Waals surface area contributed by atoms with Crippen molar-refractivity contribution in [3.05, 3.63) is 29.3 Å². The second-order valence-corrected chi connectivity index (χ2v) is 4.91. The van der Waals surface area contributed by atoms with E-state index in [4.69, 9.17) is 5.73 Å². The van der Waals surface area contributed by atoms with Crippen molar-refractivity contribution in [2.24, 2.45) is 5.73 Å². The number of nitrogens with two attached hydrogens (primary N) is 1. The summed E-state index contributed by atoms with van der Waals surface area (Å²) in [5.74, 6) is -0.238. The third kappa shape index (κ3) is 4.66. The van der Waals surface area contributed by atoms with E-state index in [0.717, 1.165) is 18.4 Å². The van der Waals surface area contributed by atoms with E-state index >= 15 is 0 Å². The molecule has 1 rings (SSSR count). The topological polar surface area (TPSA) is 84.2 Å². The zero-order valence-corrected chi connectivity index (χ0v) is 12.3. The predicted octanol–water partition coefficient (Wildman–Crippen LogP) is 1.81. The molecule has 1 unspecified atom stereocenters. The number of hydrogen-bond donors (Lipinski definition) is 3. The number of nitrogens with one attached hydrogen (secondary N) is 2. The van der Waals surface area contributed by atoms with Crippen molar-refractivity contribution in [2.75, 3.05) is 12.4 Å². The molecule has 0 spiro atoms. The average molecular weight is 277 g/mol. The summed E-state index contributed by atoms with van der Waals surface area (Å²) < 4.78 is 0. The summed E-state index contributed by atoms with van der Waals surface area (Å²) in [6.07, 6.45) is 2.11. The summed E-state index contributed by atoms with van der Waals surface area (Å²) in [6, 6.07) is 5.07. The Morgan fingerprint density at radius 2 is 2.05 bits per heavy atom. The summed E-state index contributed by atoms with van der Waals surface area (Å²) in [4.78, 5) is 23.4. The van der Waals surface area contributed by atoms with Crippen LogP contribution in [-0.4, -0.2) is 24.9 Å². The minimum atomic E-state index is -0.143. The Morgan fingerprint density at radius 3 is 2.60 bits per heavy atom. The van der Waals surface area contributed by atoms with Gasteiger partial charge in [0.25, 0.3) is 5.91 Å². The molecule has 0 bridgehead atoms. The Balaban J connectivity index is 2.69. The third-order valence-electron chi connectivity index (χ3n) is 3.10. The van der Waals surface area contributed by atoms with Crippen LogP contribution in [0, 0.1) is 6.92 Å². The van der Waals surface area contributed by atoms with Gasteiger partial charge in [0, 0.05) is 30.8 Å². The first-order valence-corrected chi connectivity index (χ1v) is 6.86. The van der Waals surface area contributed by atoms with Crippen LogP contribution in [0.5, 0.6) is 0 Å². The van der Waals surface area contributed by atoms with Crippen molar-refractivity contribution in [3.63, 3.8) is 0 Å². The molecule has 5 heteroatoms. The normalized spacial score (nSPS) is 11.8. The van der Waals surface area contributed by atoms with E-state index in [2.05, 4.69) is 10.6 Å². The number of aryl methyl sites for hydroxylation is 1. The van der Waals surface area contributed by atoms with E-state index in [1.165, 1.54) is 0 Å². The van der Waals surface area contributed by atoms with Gasteiger partial charge in [0.1, 0.15) is 0 Å². The number of anilines is 1. The summed E-state index contributed by atoms with van der Waals surface area (Å²) >= 11 is 0. The molecule has 0 heterocycles. The van der Waals surface area contributed by atoms with Gasteiger partial charge in [0.05, 0.1) is 0 Å². The van der Waals surface area contributed by atoms with Gasteiger partial charge in [-0.2, -0.15) is 0 Å². The first kappa shape index (κ1) is 16.2. The molecule has 0 fully saturated rings. The second-order valence-electron chi connectivity index (χ2n) is 4.91. The Bertz CT molecular complexity index is 486. The zero-order valence-electron chi connectivity index (χ0n) is 12.3. The minimum Gasteiger partial charge on any atom is -0.355 e. The fraction of sp³-hybridized carbons (Fsp3) is 0.467. The van der Waals surface area contributed by atoms with Crippen LogP contribution in [0.15, 0.2) is 18.2 Å². The molecule has 2 amide bonds. The molecule has 0 aliphatic carbocycles. The lowest BCUT2D eigenvalue weighted by atomic mass is 10.1. The number of benzene rings is 1. The van der Waals surface area contributed by atoms with Crippen LogP contribution < -0.4 is 16.4 Å². The van der Waals surface area contributed by atoms with E-state index in [0.29, 0.717) is 17.7 Å². The molecule has 110 valence electrons. The van der Waals surface area contributed by atoms with Gasteiger partial charge in [-0.25, -0.2) is 0 Å². The van der Waals surface area contributed by atoms with E-state index in [9.17, 15) is 9.59 Å². The van der Waals surface area contributed by atoms with E-state index < -0.39 is 0 Å². The Morgan fingerprint density at radius 1 is 1.35 bits per heavy atom. The summed E-state index contributed by atoms with van der Waals surface area (Å²) in [5, 5.41) is 5.40. The van der Waals surface area contributed by atoms with Gasteiger partial charge < -0.3 is 16.4 Å².